The van der Waals surface area contributed by atoms with Crippen molar-refractivity contribution in [3.63, 3.8) is 0 Å². The van der Waals surface area contributed by atoms with Crippen molar-refractivity contribution in [2.45, 2.75) is 35.8 Å². The largest absolute Gasteiger partial charge is 0.283 e. The standard InChI is InChI=1S/C11H13Cl2NO4S2/c12-10-7-8(5-6-11(10)19(13,15)16)14-20(17,18)9-3-1-2-4-9/h5-7,9,14H,1-4H2. The van der Waals surface area contributed by atoms with Crippen molar-refractivity contribution >= 4 is 47.0 Å². The van der Waals surface area contributed by atoms with Gasteiger partial charge in [-0.1, -0.05) is 24.4 Å². The molecule has 0 bridgehead atoms. The van der Waals surface area contributed by atoms with Crippen molar-refractivity contribution in [1.29, 1.82) is 0 Å². The highest BCUT2D eigenvalue weighted by atomic mass is 35.7. The van der Waals surface area contributed by atoms with E-state index in [2.05, 4.69) is 4.72 Å². The molecule has 0 atom stereocenters. The Morgan fingerprint density at radius 1 is 1.10 bits per heavy atom. The number of anilines is 1. The molecule has 0 unspecified atom stereocenters. The second-order valence-electron chi connectivity index (χ2n) is 4.64. The Balaban J connectivity index is 2.25. The minimum Gasteiger partial charge on any atom is -0.283 e. The Hall–Kier alpha value is -0.500. The molecular formula is C11H13Cl2NO4S2. The van der Waals surface area contributed by atoms with E-state index in [-0.39, 0.29) is 15.6 Å². The van der Waals surface area contributed by atoms with Crippen LogP contribution in [0.15, 0.2) is 23.1 Å². The lowest BCUT2D eigenvalue weighted by atomic mass is 10.3. The molecule has 0 saturated heterocycles. The SMILES string of the molecule is O=S(=O)(Cl)c1ccc(NS(=O)(=O)C2CCCC2)cc1Cl. The third-order valence-electron chi connectivity index (χ3n) is 3.20. The van der Waals surface area contributed by atoms with Crippen molar-refractivity contribution in [2.75, 3.05) is 4.72 Å². The van der Waals surface area contributed by atoms with Gasteiger partial charge in [-0.15, -0.1) is 0 Å². The highest BCUT2D eigenvalue weighted by Crippen LogP contribution is 2.30. The van der Waals surface area contributed by atoms with E-state index in [1.54, 1.807) is 0 Å². The quantitative estimate of drug-likeness (QED) is 0.839. The van der Waals surface area contributed by atoms with Crippen LogP contribution in [0.25, 0.3) is 0 Å². The number of halogens is 2. The number of nitrogens with one attached hydrogen (secondary N) is 1. The summed E-state index contributed by atoms with van der Waals surface area (Å²) < 4.78 is 49.0. The zero-order valence-corrected chi connectivity index (χ0v) is 13.5. The highest BCUT2D eigenvalue weighted by Gasteiger charge is 2.28. The smallest absolute Gasteiger partial charge is 0.262 e. The maximum Gasteiger partial charge on any atom is 0.262 e. The van der Waals surface area contributed by atoms with Gasteiger partial charge in [0.2, 0.25) is 10.0 Å². The summed E-state index contributed by atoms with van der Waals surface area (Å²) >= 11 is 5.80. The number of hydrogen-bond donors (Lipinski definition) is 1. The van der Waals surface area contributed by atoms with E-state index in [4.69, 9.17) is 22.3 Å². The number of hydrogen-bond acceptors (Lipinski definition) is 4. The molecule has 0 amide bonds. The van der Waals surface area contributed by atoms with E-state index in [1.807, 2.05) is 0 Å². The molecule has 1 aromatic carbocycles. The Bertz CT molecular complexity index is 710. The van der Waals surface area contributed by atoms with E-state index in [0.717, 1.165) is 12.8 Å². The first kappa shape index (κ1) is 15.9. The topological polar surface area (TPSA) is 80.3 Å². The van der Waals surface area contributed by atoms with Gasteiger partial charge < -0.3 is 0 Å². The van der Waals surface area contributed by atoms with Gasteiger partial charge in [0.05, 0.1) is 16.0 Å². The van der Waals surface area contributed by atoms with E-state index in [9.17, 15) is 16.8 Å². The van der Waals surface area contributed by atoms with Crippen molar-refractivity contribution in [3.05, 3.63) is 23.2 Å². The number of rotatable bonds is 4. The van der Waals surface area contributed by atoms with Crippen LogP contribution in [0.3, 0.4) is 0 Å². The summed E-state index contributed by atoms with van der Waals surface area (Å²) in [5.41, 5.74) is 0.228. The van der Waals surface area contributed by atoms with Crippen LogP contribution in [0.4, 0.5) is 5.69 Å². The molecule has 5 nitrogen and oxygen atoms in total. The van der Waals surface area contributed by atoms with Crippen molar-refractivity contribution in [2.24, 2.45) is 0 Å². The first-order valence-electron chi connectivity index (χ1n) is 5.96. The molecule has 0 spiro atoms. The number of benzene rings is 1. The Morgan fingerprint density at radius 3 is 2.20 bits per heavy atom. The first-order chi connectivity index (χ1) is 9.20. The molecule has 1 aliphatic rings. The summed E-state index contributed by atoms with van der Waals surface area (Å²) in [7, 11) is -2.21. The Kier molecular flexibility index (Phi) is 4.53. The van der Waals surface area contributed by atoms with Gasteiger partial charge in [0.25, 0.3) is 9.05 Å². The lowest BCUT2D eigenvalue weighted by molar-refractivity contribution is 0.585. The van der Waals surface area contributed by atoms with Crippen molar-refractivity contribution < 1.29 is 16.8 Å². The highest BCUT2D eigenvalue weighted by molar-refractivity contribution is 8.13. The molecule has 9 heteroatoms. The summed E-state index contributed by atoms with van der Waals surface area (Å²) in [6, 6.07) is 3.74. The maximum absolute atomic E-state index is 12.1. The van der Waals surface area contributed by atoms with Gasteiger partial charge in [0.15, 0.2) is 0 Å². The fourth-order valence-corrected chi connectivity index (χ4v) is 5.31. The minimum atomic E-state index is -3.95. The molecule has 1 aromatic rings. The van der Waals surface area contributed by atoms with Crippen LogP contribution in [0.1, 0.15) is 25.7 Å². The van der Waals surface area contributed by atoms with E-state index >= 15 is 0 Å². The number of sulfonamides is 1. The molecule has 1 saturated carbocycles. The average molecular weight is 358 g/mol. The van der Waals surface area contributed by atoms with Crippen LogP contribution in [-0.4, -0.2) is 22.1 Å². The average Bonchev–Trinajstić information content (AvgIpc) is 2.80. The molecule has 1 aliphatic carbocycles. The van der Waals surface area contributed by atoms with Gasteiger partial charge >= 0.3 is 0 Å². The molecule has 0 heterocycles. The molecule has 0 radical (unpaired) electrons. The van der Waals surface area contributed by atoms with Gasteiger partial charge in [0.1, 0.15) is 4.90 Å². The zero-order valence-electron chi connectivity index (χ0n) is 10.3. The normalized spacial score (nSPS) is 17.3. The minimum absolute atomic E-state index is 0.119. The van der Waals surface area contributed by atoms with Crippen LogP contribution in [0.5, 0.6) is 0 Å². The third-order valence-corrected chi connectivity index (χ3v) is 6.87. The van der Waals surface area contributed by atoms with Crippen LogP contribution >= 0.6 is 22.3 Å². The van der Waals surface area contributed by atoms with Crippen molar-refractivity contribution in [1.82, 2.24) is 0 Å². The van der Waals surface area contributed by atoms with Crippen LogP contribution in [0, 0.1) is 0 Å². The molecule has 1 N–H and O–H groups in total. The predicted molar refractivity (Wildman–Crippen MR) is 79.3 cm³/mol. The fourth-order valence-electron chi connectivity index (χ4n) is 2.21. The zero-order chi connectivity index (χ0) is 15.0. The second kappa shape index (κ2) is 5.71. The summed E-state index contributed by atoms with van der Waals surface area (Å²) in [4.78, 5) is -0.246. The monoisotopic (exact) mass is 357 g/mol. The third kappa shape index (κ3) is 3.58. The summed E-state index contributed by atoms with van der Waals surface area (Å²) in [6.45, 7) is 0. The second-order valence-corrected chi connectivity index (χ2v) is 9.54. The van der Waals surface area contributed by atoms with Gasteiger partial charge in [-0.2, -0.15) is 0 Å². The van der Waals surface area contributed by atoms with E-state index < -0.39 is 24.3 Å². The molecule has 0 aromatic heterocycles. The Labute approximate surface area is 127 Å². The van der Waals surface area contributed by atoms with Gasteiger partial charge in [-0.25, -0.2) is 16.8 Å². The molecule has 112 valence electrons. The van der Waals surface area contributed by atoms with Gasteiger partial charge in [-0.05, 0) is 31.0 Å². The molecule has 2 rings (SSSR count). The lowest BCUT2D eigenvalue weighted by Crippen LogP contribution is -2.25. The molecule has 0 aliphatic heterocycles. The fraction of sp³-hybridized carbons (Fsp3) is 0.455. The first-order valence-corrected chi connectivity index (χ1v) is 10.2. The maximum atomic E-state index is 12.1. The van der Waals surface area contributed by atoms with Crippen molar-refractivity contribution in [3.8, 4) is 0 Å². The molecule has 20 heavy (non-hydrogen) atoms. The Morgan fingerprint density at radius 2 is 1.70 bits per heavy atom. The van der Waals surface area contributed by atoms with Gasteiger partial charge in [0, 0.05) is 10.7 Å². The lowest BCUT2D eigenvalue weighted by Gasteiger charge is -2.14. The van der Waals surface area contributed by atoms with E-state index in [1.165, 1.54) is 18.2 Å². The van der Waals surface area contributed by atoms with E-state index in [0.29, 0.717) is 12.8 Å². The van der Waals surface area contributed by atoms with Crippen LogP contribution < -0.4 is 4.72 Å². The molecular weight excluding hydrogens is 345 g/mol. The summed E-state index contributed by atoms with van der Waals surface area (Å²) in [5.74, 6) is 0. The van der Waals surface area contributed by atoms with Crippen LogP contribution in [0.2, 0.25) is 5.02 Å². The van der Waals surface area contributed by atoms with Crippen LogP contribution in [-0.2, 0) is 19.1 Å². The summed E-state index contributed by atoms with van der Waals surface area (Å²) in [6.07, 6.45) is 3.07. The van der Waals surface area contributed by atoms with Gasteiger partial charge in [-0.3, -0.25) is 4.72 Å². The summed E-state index contributed by atoms with van der Waals surface area (Å²) in [5, 5.41) is -0.524. The molecule has 1 fully saturated rings. The predicted octanol–water partition coefficient (Wildman–Crippen LogP) is 2.95.